The molecule has 0 bridgehead atoms. The minimum absolute atomic E-state index is 0.393. The van der Waals surface area contributed by atoms with Gasteiger partial charge in [0, 0.05) is 19.2 Å². The first-order chi connectivity index (χ1) is 6.16. The molecule has 4 heteroatoms. The summed E-state index contributed by atoms with van der Waals surface area (Å²) in [7, 11) is 0. The van der Waals surface area contributed by atoms with Crippen LogP contribution in [0.2, 0.25) is 0 Å². The minimum Gasteiger partial charge on any atom is -0.364 e. The van der Waals surface area contributed by atoms with E-state index in [1.165, 1.54) is 0 Å². The summed E-state index contributed by atoms with van der Waals surface area (Å²) in [5, 5.41) is 0. The Morgan fingerprint density at radius 1 is 1.77 bits per heavy atom. The first-order valence-electron chi connectivity index (χ1n) is 4.52. The summed E-state index contributed by atoms with van der Waals surface area (Å²) in [5.41, 5.74) is 5.54. The maximum atomic E-state index is 10.8. The zero-order valence-corrected chi connectivity index (χ0v) is 7.66. The maximum absolute atomic E-state index is 10.8. The number of nitrogens with zero attached hydrogens (tertiary/aromatic N) is 2. The Kier molecular flexibility index (Phi) is 1.83. The van der Waals surface area contributed by atoms with Crippen LogP contribution in [0.3, 0.4) is 0 Å². The lowest BCUT2D eigenvalue weighted by molar-refractivity contribution is 0.0996. The first kappa shape index (κ1) is 8.29. The molecule has 1 aliphatic rings. The molecule has 0 aromatic carbocycles. The van der Waals surface area contributed by atoms with Gasteiger partial charge in [-0.3, -0.25) is 4.79 Å². The number of imidazole rings is 1. The predicted molar refractivity (Wildman–Crippen MR) is 48.2 cm³/mol. The average Bonchev–Trinajstić information content (AvgIpc) is 2.46. The van der Waals surface area contributed by atoms with Crippen molar-refractivity contribution < 1.29 is 4.79 Å². The first-order valence-corrected chi connectivity index (χ1v) is 4.52. The smallest absolute Gasteiger partial charge is 0.268 e. The van der Waals surface area contributed by atoms with Crippen LogP contribution >= 0.6 is 0 Å². The van der Waals surface area contributed by atoms with E-state index in [1.807, 2.05) is 4.57 Å². The zero-order valence-electron chi connectivity index (χ0n) is 7.66. The minimum atomic E-state index is -0.436. The molecule has 1 aromatic rings. The van der Waals surface area contributed by atoms with Crippen molar-refractivity contribution >= 4 is 5.91 Å². The fourth-order valence-corrected chi connectivity index (χ4v) is 1.73. The molecular formula is C9H13N3O. The van der Waals surface area contributed by atoms with E-state index < -0.39 is 5.91 Å². The number of aryl methyl sites for hydroxylation is 1. The quantitative estimate of drug-likeness (QED) is 0.684. The van der Waals surface area contributed by atoms with Gasteiger partial charge < -0.3 is 10.3 Å². The van der Waals surface area contributed by atoms with Crippen molar-refractivity contribution in [1.82, 2.24) is 9.55 Å². The molecule has 1 amide bonds. The topological polar surface area (TPSA) is 60.9 Å². The third kappa shape index (κ3) is 1.43. The summed E-state index contributed by atoms with van der Waals surface area (Å²) >= 11 is 0. The molecular weight excluding hydrogens is 166 g/mol. The highest BCUT2D eigenvalue weighted by molar-refractivity contribution is 5.90. The monoisotopic (exact) mass is 179 g/mol. The summed E-state index contributed by atoms with van der Waals surface area (Å²) in [4.78, 5) is 15.0. The van der Waals surface area contributed by atoms with Crippen molar-refractivity contribution in [2.45, 2.75) is 26.3 Å². The zero-order chi connectivity index (χ0) is 9.42. The number of carbonyl (C=O) groups is 1. The Morgan fingerprint density at radius 3 is 3.23 bits per heavy atom. The van der Waals surface area contributed by atoms with Gasteiger partial charge in [-0.2, -0.15) is 0 Å². The number of nitrogens with two attached hydrogens (primary N) is 1. The molecule has 2 heterocycles. The van der Waals surface area contributed by atoms with Crippen molar-refractivity contribution in [1.29, 1.82) is 0 Å². The molecule has 1 aromatic heterocycles. The van der Waals surface area contributed by atoms with E-state index in [4.69, 9.17) is 5.73 Å². The highest BCUT2D eigenvalue weighted by atomic mass is 16.1. The maximum Gasteiger partial charge on any atom is 0.268 e. The summed E-state index contributed by atoms with van der Waals surface area (Å²) in [6, 6.07) is 0. The molecule has 4 nitrogen and oxygen atoms in total. The van der Waals surface area contributed by atoms with Crippen LogP contribution in [0.25, 0.3) is 0 Å². The normalized spacial score (nSPS) is 21.2. The van der Waals surface area contributed by atoms with Crippen LogP contribution in [0.4, 0.5) is 0 Å². The molecule has 13 heavy (non-hydrogen) atoms. The number of hydrogen-bond donors (Lipinski definition) is 1. The molecule has 2 N–H and O–H groups in total. The number of primary amides is 1. The van der Waals surface area contributed by atoms with E-state index >= 15 is 0 Å². The van der Waals surface area contributed by atoms with Gasteiger partial charge in [-0.25, -0.2) is 4.98 Å². The predicted octanol–water partition coefficient (Wildman–Crippen LogP) is 0.564. The van der Waals surface area contributed by atoms with Gasteiger partial charge in [0.1, 0.15) is 11.5 Å². The summed E-state index contributed by atoms with van der Waals surface area (Å²) < 4.78 is 2.04. The highest BCUT2D eigenvalue weighted by Crippen LogP contribution is 2.18. The lowest BCUT2D eigenvalue weighted by Crippen LogP contribution is -2.17. The number of carbonyl (C=O) groups excluding carboxylic acids is 1. The van der Waals surface area contributed by atoms with Gasteiger partial charge in [0.05, 0.1) is 0 Å². The van der Waals surface area contributed by atoms with Gasteiger partial charge in [-0.05, 0) is 12.3 Å². The Morgan fingerprint density at radius 2 is 2.54 bits per heavy atom. The van der Waals surface area contributed by atoms with Crippen LogP contribution in [0.1, 0.15) is 29.7 Å². The molecule has 2 rings (SSSR count). The van der Waals surface area contributed by atoms with Crippen molar-refractivity contribution in [3.63, 3.8) is 0 Å². The standard InChI is InChI=1S/C9H13N3O/c1-6-2-3-8-11-7(9(10)13)5-12(8)4-6/h5-6H,2-4H2,1H3,(H2,10,13). The van der Waals surface area contributed by atoms with Gasteiger partial charge in [-0.15, -0.1) is 0 Å². The van der Waals surface area contributed by atoms with E-state index in [0.29, 0.717) is 11.6 Å². The second-order valence-electron chi connectivity index (χ2n) is 3.70. The Balaban J connectivity index is 2.33. The van der Waals surface area contributed by atoms with Gasteiger partial charge in [-0.1, -0.05) is 6.92 Å². The molecule has 0 saturated heterocycles. The third-order valence-electron chi connectivity index (χ3n) is 2.48. The Labute approximate surface area is 76.8 Å². The van der Waals surface area contributed by atoms with Gasteiger partial charge in [0.25, 0.3) is 5.91 Å². The van der Waals surface area contributed by atoms with E-state index in [9.17, 15) is 4.79 Å². The number of aromatic nitrogens is 2. The summed E-state index contributed by atoms with van der Waals surface area (Å²) in [6.07, 6.45) is 3.86. The van der Waals surface area contributed by atoms with Crippen LogP contribution in [0.5, 0.6) is 0 Å². The summed E-state index contributed by atoms with van der Waals surface area (Å²) in [6.45, 7) is 3.16. The molecule has 0 aliphatic carbocycles. The van der Waals surface area contributed by atoms with Crippen LogP contribution in [-0.2, 0) is 13.0 Å². The molecule has 1 atom stereocenters. The van der Waals surface area contributed by atoms with Gasteiger partial charge >= 0.3 is 0 Å². The van der Waals surface area contributed by atoms with Crippen LogP contribution in [0.15, 0.2) is 6.20 Å². The van der Waals surface area contributed by atoms with E-state index in [0.717, 1.165) is 25.2 Å². The van der Waals surface area contributed by atoms with Crippen LogP contribution in [0, 0.1) is 5.92 Å². The Bertz CT molecular complexity index is 343. The molecule has 0 fully saturated rings. The number of rotatable bonds is 1. The number of fused-ring (bicyclic) bond motifs is 1. The molecule has 0 saturated carbocycles. The van der Waals surface area contributed by atoms with Crippen LogP contribution in [-0.4, -0.2) is 15.5 Å². The molecule has 0 spiro atoms. The van der Waals surface area contributed by atoms with Gasteiger partial charge in [0.2, 0.25) is 0 Å². The van der Waals surface area contributed by atoms with E-state index in [2.05, 4.69) is 11.9 Å². The molecule has 1 aliphatic heterocycles. The lowest BCUT2D eigenvalue weighted by Gasteiger charge is -2.19. The fourth-order valence-electron chi connectivity index (χ4n) is 1.73. The number of amides is 1. The van der Waals surface area contributed by atoms with Crippen LogP contribution < -0.4 is 5.73 Å². The Hall–Kier alpha value is -1.32. The second kappa shape index (κ2) is 2.87. The third-order valence-corrected chi connectivity index (χ3v) is 2.48. The van der Waals surface area contributed by atoms with Crippen molar-refractivity contribution in [3.05, 3.63) is 17.7 Å². The number of hydrogen-bond acceptors (Lipinski definition) is 2. The molecule has 70 valence electrons. The lowest BCUT2D eigenvalue weighted by atomic mass is 10.0. The SMILES string of the molecule is CC1CCc2nc(C(N)=O)cn2C1. The average molecular weight is 179 g/mol. The largest absolute Gasteiger partial charge is 0.364 e. The van der Waals surface area contributed by atoms with Gasteiger partial charge in [0.15, 0.2) is 0 Å². The highest BCUT2D eigenvalue weighted by Gasteiger charge is 2.18. The molecule has 0 radical (unpaired) electrons. The summed E-state index contributed by atoms with van der Waals surface area (Å²) in [5.74, 6) is 1.23. The van der Waals surface area contributed by atoms with Crippen molar-refractivity contribution in [2.24, 2.45) is 11.7 Å². The van der Waals surface area contributed by atoms with E-state index in [-0.39, 0.29) is 0 Å². The molecule has 1 unspecified atom stereocenters. The fraction of sp³-hybridized carbons (Fsp3) is 0.556. The second-order valence-corrected chi connectivity index (χ2v) is 3.70. The van der Waals surface area contributed by atoms with E-state index in [1.54, 1.807) is 6.20 Å². The van der Waals surface area contributed by atoms with Crippen molar-refractivity contribution in [3.8, 4) is 0 Å². The van der Waals surface area contributed by atoms with Crippen molar-refractivity contribution in [2.75, 3.05) is 0 Å².